The molecule has 1 heterocycles. The Labute approximate surface area is 224 Å². The number of hydrogen-bond donors (Lipinski definition) is 2. The van der Waals surface area contributed by atoms with Crippen molar-refractivity contribution in [3.8, 4) is 0 Å². The third kappa shape index (κ3) is 11.4. The second-order valence-corrected chi connectivity index (χ2v) is 19.4. The molecule has 0 radical (unpaired) electrons. The van der Waals surface area contributed by atoms with E-state index in [4.69, 9.17) is 19.4 Å². The van der Waals surface area contributed by atoms with E-state index in [-0.39, 0.29) is 7.92 Å². The zero-order valence-corrected chi connectivity index (χ0v) is 25.2. The quantitative estimate of drug-likeness (QED) is 0.203. The van der Waals surface area contributed by atoms with E-state index in [1.807, 2.05) is 41.6 Å². The zero-order chi connectivity index (χ0) is 23.8. The monoisotopic (exact) mass is 614 g/mol. The predicted molar refractivity (Wildman–Crippen MR) is 153 cm³/mol. The van der Waals surface area contributed by atoms with E-state index in [0.717, 1.165) is 18.7 Å². The summed E-state index contributed by atoms with van der Waals surface area (Å²) in [5.41, 5.74) is 4.80. The van der Waals surface area contributed by atoms with E-state index in [0.29, 0.717) is 0 Å². The molecule has 1 saturated heterocycles. The fourth-order valence-corrected chi connectivity index (χ4v) is 13.3. The van der Waals surface area contributed by atoms with Crippen molar-refractivity contribution in [2.24, 2.45) is 0 Å². The minimum atomic E-state index is -1.61. The topological polar surface area (TPSA) is 24.1 Å². The van der Waals surface area contributed by atoms with Crippen LogP contribution in [0.1, 0.15) is 102 Å². The van der Waals surface area contributed by atoms with Crippen molar-refractivity contribution in [2.45, 2.75) is 113 Å². The Kier molecular flexibility index (Phi) is 15.4. The van der Waals surface area contributed by atoms with Gasteiger partial charge in [0.1, 0.15) is 0 Å². The van der Waals surface area contributed by atoms with Crippen LogP contribution in [0.4, 0.5) is 0 Å². The molecule has 1 aromatic carbocycles. The molecule has 3 saturated carbocycles. The molecule has 0 unspecified atom stereocenters. The second-order valence-electron chi connectivity index (χ2n) is 10.3. The Morgan fingerprint density at radius 1 is 0.676 bits per heavy atom. The van der Waals surface area contributed by atoms with Crippen LogP contribution in [0.5, 0.6) is 0 Å². The summed E-state index contributed by atoms with van der Waals surface area (Å²) in [7, 11) is 11.3. The van der Waals surface area contributed by atoms with Crippen molar-refractivity contribution >= 4 is 31.9 Å². The number of halogens is 2. The van der Waals surface area contributed by atoms with Crippen LogP contribution in [0.2, 0.25) is 0 Å². The average molecular weight is 615 g/mol. The molecule has 0 spiro atoms. The van der Waals surface area contributed by atoms with Crippen molar-refractivity contribution in [3.05, 3.63) is 42.6 Å². The third-order valence-electron chi connectivity index (χ3n) is 7.84. The summed E-state index contributed by atoms with van der Waals surface area (Å²) in [6.45, 7) is 4.03. The van der Waals surface area contributed by atoms with E-state index in [1.165, 1.54) is 17.0 Å². The fraction of sp³-hybridized carbons (Fsp3) is 0.714. The minimum absolute atomic E-state index is 0.0465. The van der Waals surface area contributed by atoms with Gasteiger partial charge in [0, 0.05) is 7.92 Å². The fourth-order valence-electron chi connectivity index (χ4n) is 6.28. The van der Waals surface area contributed by atoms with Crippen molar-refractivity contribution in [2.75, 3.05) is 13.1 Å². The van der Waals surface area contributed by atoms with Crippen molar-refractivity contribution in [1.82, 2.24) is 10.6 Å². The van der Waals surface area contributed by atoms with Gasteiger partial charge in [-0.2, -0.15) is 0 Å². The van der Waals surface area contributed by atoms with Crippen LogP contribution in [-0.4, -0.2) is 34.7 Å². The summed E-state index contributed by atoms with van der Waals surface area (Å²) >= 11 is -1.61. The van der Waals surface area contributed by atoms with E-state index in [1.54, 1.807) is 96.3 Å². The molecule has 4 aliphatic rings. The molecular formula is C28H47Cl2N2PRu. The summed E-state index contributed by atoms with van der Waals surface area (Å²) in [6, 6.07) is 9.89. The van der Waals surface area contributed by atoms with Gasteiger partial charge >= 0.3 is 73.4 Å². The number of hydrogen-bond acceptors (Lipinski definition) is 2. The summed E-state index contributed by atoms with van der Waals surface area (Å²) in [4.78, 5) is 0. The van der Waals surface area contributed by atoms with Gasteiger partial charge in [0.2, 0.25) is 0 Å². The Morgan fingerprint density at radius 3 is 1.41 bits per heavy atom. The Balaban J connectivity index is 0.000000179. The van der Waals surface area contributed by atoms with Crippen molar-refractivity contribution in [3.63, 3.8) is 0 Å². The Morgan fingerprint density at radius 2 is 1.09 bits per heavy atom. The molecule has 1 aromatic rings. The first-order valence-corrected chi connectivity index (χ1v) is 21.0. The van der Waals surface area contributed by atoms with Gasteiger partial charge in [0.25, 0.3) is 0 Å². The number of rotatable bonds is 4. The molecule has 34 heavy (non-hydrogen) atoms. The molecule has 3 aliphatic carbocycles. The zero-order valence-electron chi connectivity index (χ0n) is 20.9. The molecule has 0 aromatic heterocycles. The Bertz CT molecular complexity index is 614. The van der Waals surface area contributed by atoms with Crippen molar-refractivity contribution in [1.29, 1.82) is 0 Å². The van der Waals surface area contributed by atoms with Gasteiger partial charge in [-0.1, -0.05) is 19.3 Å². The first-order chi connectivity index (χ1) is 16.7. The van der Waals surface area contributed by atoms with Gasteiger partial charge in [-0.3, -0.25) is 0 Å². The van der Waals surface area contributed by atoms with Gasteiger partial charge in [-0.15, -0.1) is 0 Å². The van der Waals surface area contributed by atoms with Gasteiger partial charge in [-0.05, 0) is 90.1 Å². The molecule has 2 nitrogen and oxygen atoms in total. The van der Waals surface area contributed by atoms with E-state index < -0.39 is 13.5 Å². The molecule has 2 N–H and O–H groups in total. The number of benzene rings is 1. The molecule has 196 valence electrons. The van der Waals surface area contributed by atoms with Gasteiger partial charge < -0.3 is 10.6 Å². The molecule has 0 amide bonds. The maximum atomic E-state index is 5.67. The van der Waals surface area contributed by atoms with E-state index in [2.05, 4.69) is 10.6 Å². The van der Waals surface area contributed by atoms with Gasteiger partial charge in [0.15, 0.2) is 0 Å². The van der Waals surface area contributed by atoms with Crippen molar-refractivity contribution < 1.29 is 13.5 Å². The van der Waals surface area contributed by atoms with E-state index >= 15 is 0 Å². The molecule has 6 heteroatoms. The summed E-state index contributed by atoms with van der Waals surface area (Å²) in [6.07, 6.45) is 23.8. The van der Waals surface area contributed by atoms with Crippen LogP contribution < -0.4 is 10.6 Å². The van der Waals surface area contributed by atoms with Crippen LogP contribution in [0.25, 0.3) is 0 Å². The van der Waals surface area contributed by atoms with Crippen LogP contribution in [0, 0.1) is 6.67 Å². The predicted octanol–water partition coefficient (Wildman–Crippen LogP) is 8.26. The molecule has 5 rings (SSSR count). The summed E-state index contributed by atoms with van der Waals surface area (Å²) in [5, 5.41) is 5.97. The third-order valence-corrected chi connectivity index (χ3v) is 14.3. The van der Waals surface area contributed by atoms with E-state index in [9.17, 15) is 0 Å². The standard InChI is InChI=1S/C18H33P.C7H6.C3H7N2.2ClH.Ru/c1-4-10-16(11-5-1)19(17-12-6-2-7-13-17)18-14-8-3-9-15-18;1-7-5-3-2-4-6-7;1-2-5-3-4-1;;;/h16-18H,1-15H2;1-6H;3-5H,1-2H2;2*1H;/q;;-1;;;+2/p-1. The second kappa shape index (κ2) is 18.0. The van der Waals surface area contributed by atoms with Gasteiger partial charge in [0.05, 0.1) is 17.0 Å². The van der Waals surface area contributed by atoms with Crippen LogP contribution in [0.15, 0.2) is 30.3 Å². The molecule has 4 fully saturated rings. The molecular weight excluding hydrogens is 567 g/mol. The van der Waals surface area contributed by atoms with Crippen LogP contribution in [0.3, 0.4) is 0 Å². The average Bonchev–Trinajstić information content (AvgIpc) is 3.48. The molecule has 0 bridgehead atoms. The molecule has 1 aliphatic heterocycles. The first-order valence-electron chi connectivity index (χ1n) is 13.8. The summed E-state index contributed by atoms with van der Waals surface area (Å²) < 4.78 is 1.92. The summed E-state index contributed by atoms with van der Waals surface area (Å²) in [5.74, 6) is 0. The molecule has 0 atom stereocenters. The van der Waals surface area contributed by atoms with Crippen LogP contribution >= 0.6 is 27.3 Å². The SMILES string of the molecule is C1CCC([PH+](C2CCCCC2)C2CCCCC2)CC1.[CH-]1NCCN1.[Cl][Ru]([Cl])=[CH]c1ccccc1. The number of nitrogens with one attached hydrogen (secondary N) is 2. The Hall–Kier alpha value is 0.643. The normalized spacial score (nSPS) is 22.9. The maximum absolute atomic E-state index is 5.67. The first kappa shape index (κ1) is 29.2. The van der Waals surface area contributed by atoms with Crippen LogP contribution in [-0.2, 0) is 13.5 Å². The van der Waals surface area contributed by atoms with Gasteiger partial charge in [-0.25, -0.2) is 6.67 Å².